The van der Waals surface area contributed by atoms with E-state index in [0.717, 1.165) is 36.6 Å². The number of aliphatic hydroxyl groups excluding tert-OH is 1. The molecule has 2 N–H and O–H groups in total. The van der Waals surface area contributed by atoms with Crippen LogP contribution in [-0.2, 0) is 0 Å². The molecule has 2 atom stereocenters. The first kappa shape index (κ1) is 14.1. The number of aliphatic hydroxyl groups is 1. The fraction of sp³-hybridized carbons (Fsp3) is 0.500. The largest absolute Gasteiger partial charge is 0.393 e. The number of benzene rings is 1. The molecule has 1 amide bonds. The van der Waals surface area contributed by atoms with E-state index < -0.39 is 0 Å². The van der Waals surface area contributed by atoms with E-state index in [1.807, 2.05) is 25.2 Å². The van der Waals surface area contributed by atoms with Crippen LogP contribution in [0.25, 0.3) is 10.9 Å². The number of amides is 1. The second kappa shape index (κ2) is 5.85. The van der Waals surface area contributed by atoms with Gasteiger partial charge in [0, 0.05) is 30.5 Å². The van der Waals surface area contributed by atoms with Gasteiger partial charge in [-0.2, -0.15) is 5.10 Å². The highest BCUT2D eigenvalue weighted by molar-refractivity contribution is 5.97. The summed E-state index contributed by atoms with van der Waals surface area (Å²) in [4.78, 5) is 14.2. The molecular weight excluding hydrogens is 266 g/mol. The lowest BCUT2D eigenvalue weighted by Gasteiger charge is -2.31. The molecule has 1 fully saturated rings. The minimum atomic E-state index is -0.273. The third-order valence-electron chi connectivity index (χ3n) is 4.41. The summed E-state index contributed by atoms with van der Waals surface area (Å²) >= 11 is 0. The normalized spacial score (nSPS) is 22.4. The summed E-state index contributed by atoms with van der Waals surface area (Å²) in [5, 5.41) is 17.8. The number of rotatable bonds is 3. The summed E-state index contributed by atoms with van der Waals surface area (Å²) in [6.45, 7) is 0.615. The number of hydrogen-bond donors (Lipinski definition) is 2. The number of hydrogen-bond acceptors (Lipinski definition) is 3. The summed E-state index contributed by atoms with van der Waals surface area (Å²) in [5.74, 6) is 0.196. The zero-order chi connectivity index (χ0) is 14.8. The van der Waals surface area contributed by atoms with E-state index in [1.165, 1.54) is 0 Å². The van der Waals surface area contributed by atoms with E-state index in [1.54, 1.807) is 11.1 Å². The highest BCUT2D eigenvalue weighted by Crippen LogP contribution is 2.25. The van der Waals surface area contributed by atoms with Crippen LogP contribution in [0.5, 0.6) is 0 Å². The molecule has 1 aromatic heterocycles. The molecule has 2 aromatic rings. The first-order valence-corrected chi connectivity index (χ1v) is 7.52. The molecule has 5 nitrogen and oxygen atoms in total. The van der Waals surface area contributed by atoms with Gasteiger partial charge >= 0.3 is 0 Å². The maximum atomic E-state index is 12.5. The van der Waals surface area contributed by atoms with Crippen LogP contribution in [-0.4, -0.2) is 45.8 Å². The van der Waals surface area contributed by atoms with E-state index in [9.17, 15) is 9.90 Å². The van der Waals surface area contributed by atoms with Gasteiger partial charge in [0.25, 0.3) is 5.91 Å². The van der Waals surface area contributed by atoms with Gasteiger partial charge in [-0.3, -0.25) is 9.89 Å². The predicted octanol–water partition coefficient (Wildman–Crippen LogP) is 2.19. The van der Waals surface area contributed by atoms with Gasteiger partial charge in [0.05, 0.1) is 17.8 Å². The number of carbonyl (C=O) groups excluding carboxylic acids is 1. The van der Waals surface area contributed by atoms with E-state index in [0.29, 0.717) is 12.1 Å². The number of nitrogens with one attached hydrogen (secondary N) is 1. The Morgan fingerprint density at radius 1 is 1.43 bits per heavy atom. The highest BCUT2D eigenvalue weighted by Gasteiger charge is 2.26. The van der Waals surface area contributed by atoms with Crippen LogP contribution < -0.4 is 0 Å². The lowest BCUT2D eigenvalue weighted by molar-refractivity contribution is 0.0451. The molecule has 1 heterocycles. The average Bonchev–Trinajstić information content (AvgIpc) is 2.96. The van der Waals surface area contributed by atoms with Crippen molar-refractivity contribution >= 4 is 16.8 Å². The molecule has 1 aliphatic rings. The zero-order valence-corrected chi connectivity index (χ0v) is 12.2. The fourth-order valence-corrected chi connectivity index (χ4v) is 3.13. The maximum Gasteiger partial charge on any atom is 0.253 e. The molecule has 0 aliphatic heterocycles. The van der Waals surface area contributed by atoms with E-state index in [4.69, 9.17) is 0 Å². The van der Waals surface area contributed by atoms with Crippen molar-refractivity contribution in [2.75, 3.05) is 13.6 Å². The number of carbonyl (C=O) groups is 1. The summed E-state index contributed by atoms with van der Waals surface area (Å²) in [6.07, 6.45) is 5.53. The van der Waals surface area contributed by atoms with Gasteiger partial charge in [-0.25, -0.2) is 0 Å². The molecule has 0 radical (unpaired) electrons. The molecule has 0 bridgehead atoms. The van der Waals surface area contributed by atoms with Crippen LogP contribution in [0.1, 0.15) is 36.0 Å². The van der Waals surface area contributed by atoms with Gasteiger partial charge < -0.3 is 10.0 Å². The molecule has 0 saturated heterocycles. The van der Waals surface area contributed by atoms with Crippen molar-refractivity contribution in [1.82, 2.24) is 15.1 Å². The number of H-pyrrole nitrogens is 1. The van der Waals surface area contributed by atoms with Crippen molar-refractivity contribution in [3.05, 3.63) is 30.0 Å². The molecular formula is C16H21N3O2. The molecule has 2 unspecified atom stereocenters. The van der Waals surface area contributed by atoms with E-state index in [2.05, 4.69) is 10.2 Å². The standard InChI is InChI=1S/C16H21N3O2/c1-19(10-12-4-2-3-5-15(12)20)16(21)11-6-7-14-13(8-11)9-17-18-14/h6-9,12,15,20H,2-5,10H2,1H3,(H,17,18). The summed E-state index contributed by atoms with van der Waals surface area (Å²) in [6, 6.07) is 5.55. The Hall–Kier alpha value is -1.88. The molecule has 21 heavy (non-hydrogen) atoms. The number of nitrogens with zero attached hydrogens (tertiary/aromatic N) is 2. The lowest BCUT2D eigenvalue weighted by Crippen LogP contribution is -2.38. The molecule has 1 aliphatic carbocycles. The Balaban J connectivity index is 1.71. The van der Waals surface area contributed by atoms with Crippen LogP contribution in [0.4, 0.5) is 0 Å². The molecule has 3 rings (SSSR count). The summed E-state index contributed by atoms with van der Waals surface area (Å²) in [7, 11) is 1.81. The topological polar surface area (TPSA) is 69.2 Å². The van der Waals surface area contributed by atoms with Gasteiger partial charge in [-0.05, 0) is 31.0 Å². The molecule has 1 aromatic carbocycles. The van der Waals surface area contributed by atoms with Gasteiger partial charge in [0.15, 0.2) is 0 Å². The maximum absolute atomic E-state index is 12.5. The van der Waals surface area contributed by atoms with Crippen molar-refractivity contribution < 1.29 is 9.90 Å². The van der Waals surface area contributed by atoms with Crippen LogP contribution in [0.15, 0.2) is 24.4 Å². The van der Waals surface area contributed by atoms with Gasteiger partial charge in [0.1, 0.15) is 0 Å². The van der Waals surface area contributed by atoms with E-state index >= 15 is 0 Å². The molecule has 1 saturated carbocycles. The Morgan fingerprint density at radius 3 is 3.05 bits per heavy atom. The van der Waals surface area contributed by atoms with Gasteiger partial charge in [-0.1, -0.05) is 12.8 Å². The van der Waals surface area contributed by atoms with Crippen molar-refractivity contribution in [2.45, 2.75) is 31.8 Å². The van der Waals surface area contributed by atoms with Crippen LogP contribution in [0.3, 0.4) is 0 Å². The van der Waals surface area contributed by atoms with Crippen molar-refractivity contribution in [1.29, 1.82) is 0 Å². The summed E-state index contributed by atoms with van der Waals surface area (Å²) < 4.78 is 0. The number of aromatic nitrogens is 2. The first-order valence-electron chi connectivity index (χ1n) is 7.52. The lowest BCUT2D eigenvalue weighted by atomic mass is 9.86. The Kier molecular flexibility index (Phi) is 3.92. The molecule has 5 heteroatoms. The average molecular weight is 287 g/mol. The van der Waals surface area contributed by atoms with E-state index in [-0.39, 0.29) is 17.9 Å². The van der Waals surface area contributed by atoms with Crippen LogP contribution >= 0.6 is 0 Å². The predicted molar refractivity (Wildman–Crippen MR) is 81.0 cm³/mol. The second-order valence-corrected chi connectivity index (χ2v) is 5.97. The Bertz CT molecular complexity index is 637. The monoisotopic (exact) mass is 287 g/mol. The van der Waals surface area contributed by atoms with Crippen LogP contribution in [0, 0.1) is 5.92 Å². The Morgan fingerprint density at radius 2 is 2.24 bits per heavy atom. The molecule has 0 spiro atoms. The third kappa shape index (κ3) is 2.93. The third-order valence-corrected chi connectivity index (χ3v) is 4.41. The SMILES string of the molecule is CN(CC1CCCCC1O)C(=O)c1ccc2[nH]ncc2c1. The minimum Gasteiger partial charge on any atom is -0.393 e. The second-order valence-electron chi connectivity index (χ2n) is 5.97. The number of fused-ring (bicyclic) bond motifs is 1. The minimum absolute atomic E-state index is 0.00382. The van der Waals surface area contributed by atoms with Gasteiger partial charge in [-0.15, -0.1) is 0 Å². The van der Waals surface area contributed by atoms with Crippen molar-refractivity contribution in [3.8, 4) is 0 Å². The van der Waals surface area contributed by atoms with Crippen molar-refractivity contribution in [2.24, 2.45) is 5.92 Å². The zero-order valence-electron chi connectivity index (χ0n) is 12.2. The Labute approximate surface area is 124 Å². The van der Waals surface area contributed by atoms with Gasteiger partial charge in [0.2, 0.25) is 0 Å². The fourth-order valence-electron chi connectivity index (χ4n) is 3.13. The van der Waals surface area contributed by atoms with Crippen LogP contribution in [0.2, 0.25) is 0 Å². The first-order chi connectivity index (χ1) is 10.1. The number of aromatic amines is 1. The highest BCUT2D eigenvalue weighted by atomic mass is 16.3. The van der Waals surface area contributed by atoms with Crippen molar-refractivity contribution in [3.63, 3.8) is 0 Å². The summed E-state index contributed by atoms with van der Waals surface area (Å²) in [5.41, 5.74) is 1.59. The quantitative estimate of drug-likeness (QED) is 0.909. The molecule has 112 valence electrons. The smallest absolute Gasteiger partial charge is 0.253 e.